The molecule has 1 atom stereocenters. The molecule has 8 nitrogen and oxygen atoms in total. The smallest absolute Gasteiger partial charge is 0.309 e. The predicted octanol–water partition coefficient (Wildman–Crippen LogP) is -0.262. The van der Waals surface area contributed by atoms with Gasteiger partial charge >= 0.3 is 11.8 Å². The Balaban J connectivity index is 2.05. The van der Waals surface area contributed by atoms with Crippen molar-refractivity contribution in [1.29, 1.82) is 0 Å². The lowest BCUT2D eigenvalue weighted by Crippen LogP contribution is -2.53. The topological polar surface area (TPSA) is 105 Å². The van der Waals surface area contributed by atoms with E-state index >= 15 is 0 Å². The maximum atomic E-state index is 12.6. The van der Waals surface area contributed by atoms with Crippen LogP contribution in [0.25, 0.3) is 0 Å². The van der Waals surface area contributed by atoms with E-state index in [1.54, 1.807) is 18.4 Å². The molecular weight excluding hydrogens is 342 g/mol. The molecule has 23 heavy (non-hydrogen) atoms. The number of nitrogens with one attached hydrogen (secondary N) is 2. The van der Waals surface area contributed by atoms with Gasteiger partial charge in [-0.1, -0.05) is 6.07 Å². The summed E-state index contributed by atoms with van der Waals surface area (Å²) in [6, 6.07) is 3.19. The molecule has 128 valence electrons. The maximum absolute atomic E-state index is 12.6. The number of thiophene rings is 1. The van der Waals surface area contributed by atoms with Crippen molar-refractivity contribution in [3.63, 3.8) is 0 Å². The largest absolute Gasteiger partial charge is 0.360 e. The zero-order valence-corrected chi connectivity index (χ0v) is 14.3. The van der Waals surface area contributed by atoms with Crippen LogP contribution in [-0.2, 0) is 24.3 Å². The van der Waals surface area contributed by atoms with Crippen molar-refractivity contribution in [2.75, 3.05) is 26.2 Å². The normalized spacial score (nSPS) is 19.3. The van der Waals surface area contributed by atoms with E-state index in [0.717, 1.165) is 11.3 Å². The van der Waals surface area contributed by atoms with E-state index in [1.807, 2.05) is 0 Å². The van der Waals surface area contributed by atoms with E-state index in [1.165, 1.54) is 10.4 Å². The number of sulfonamides is 1. The van der Waals surface area contributed by atoms with Gasteiger partial charge < -0.3 is 15.4 Å². The molecule has 10 heteroatoms. The Bertz CT molecular complexity index is 645. The van der Waals surface area contributed by atoms with Gasteiger partial charge in [0.05, 0.1) is 13.2 Å². The molecule has 1 aromatic heterocycles. The van der Waals surface area contributed by atoms with E-state index in [-0.39, 0.29) is 10.8 Å². The van der Waals surface area contributed by atoms with Crippen LogP contribution in [0.5, 0.6) is 0 Å². The Labute approximate surface area is 138 Å². The Morgan fingerprint density at radius 2 is 2.13 bits per heavy atom. The highest BCUT2D eigenvalue weighted by Gasteiger charge is 2.35. The van der Waals surface area contributed by atoms with Crippen molar-refractivity contribution in [2.24, 2.45) is 0 Å². The second-order valence-corrected chi connectivity index (χ2v) is 7.86. The lowest BCUT2D eigenvalue weighted by molar-refractivity contribution is -0.140. The number of carbonyl (C=O) groups is 2. The van der Waals surface area contributed by atoms with Crippen molar-refractivity contribution in [2.45, 2.75) is 23.8 Å². The monoisotopic (exact) mass is 361 g/mol. The summed E-state index contributed by atoms with van der Waals surface area (Å²) in [5.41, 5.74) is 0. The minimum atomic E-state index is -3.67. The van der Waals surface area contributed by atoms with Gasteiger partial charge in [-0.15, -0.1) is 11.3 Å². The molecule has 1 saturated heterocycles. The highest BCUT2D eigenvalue weighted by molar-refractivity contribution is 7.91. The summed E-state index contributed by atoms with van der Waals surface area (Å²) < 4.78 is 32.1. The summed E-state index contributed by atoms with van der Waals surface area (Å²) in [5, 5.41) is 6.46. The van der Waals surface area contributed by atoms with E-state index < -0.39 is 28.1 Å². The first-order valence-electron chi connectivity index (χ1n) is 7.19. The maximum Gasteiger partial charge on any atom is 0.309 e. The van der Waals surface area contributed by atoms with Crippen LogP contribution in [0.1, 0.15) is 13.3 Å². The summed E-state index contributed by atoms with van der Waals surface area (Å²) in [5.74, 6) is -1.56. The fourth-order valence-electron chi connectivity index (χ4n) is 2.13. The first-order valence-corrected chi connectivity index (χ1v) is 9.51. The van der Waals surface area contributed by atoms with Gasteiger partial charge in [0.25, 0.3) is 10.0 Å². The molecule has 2 amide bonds. The molecule has 0 spiro atoms. The van der Waals surface area contributed by atoms with Crippen LogP contribution < -0.4 is 10.6 Å². The van der Waals surface area contributed by atoms with Crippen LogP contribution in [0.15, 0.2) is 21.7 Å². The number of carbonyl (C=O) groups excluding carboxylic acids is 2. The van der Waals surface area contributed by atoms with E-state index in [0.29, 0.717) is 26.1 Å². The van der Waals surface area contributed by atoms with Crippen molar-refractivity contribution < 1.29 is 22.7 Å². The molecule has 0 aromatic carbocycles. The van der Waals surface area contributed by atoms with Crippen molar-refractivity contribution in [1.82, 2.24) is 14.9 Å². The van der Waals surface area contributed by atoms with Gasteiger partial charge in [0, 0.05) is 13.1 Å². The molecule has 2 N–H and O–H groups in total. The first-order chi connectivity index (χ1) is 11.0. The summed E-state index contributed by atoms with van der Waals surface area (Å²) in [6.07, 6.45) is -0.250. The van der Waals surface area contributed by atoms with Gasteiger partial charge in [-0.3, -0.25) is 9.59 Å². The average Bonchev–Trinajstić information content (AvgIpc) is 3.08. The summed E-state index contributed by atoms with van der Waals surface area (Å²) >= 11 is 1.12. The van der Waals surface area contributed by atoms with Crippen molar-refractivity contribution in [3.8, 4) is 0 Å². The van der Waals surface area contributed by atoms with Crippen LogP contribution in [0.2, 0.25) is 0 Å². The lowest BCUT2D eigenvalue weighted by Gasteiger charge is -2.34. The Morgan fingerprint density at radius 3 is 2.78 bits per heavy atom. The van der Waals surface area contributed by atoms with E-state index in [2.05, 4.69) is 10.6 Å². The third kappa shape index (κ3) is 4.28. The van der Waals surface area contributed by atoms with Gasteiger partial charge in [0.15, 0.2) is 0 Å². The molecule has 0 unspecified atom stereocenters. The van der Waals surface area contributed by atoms with Crippen molar-refractivity contribution in [3.05, 3.63) is 17.5 Å². The highest BCUT2D eigenvalue weighted by Crippen LogP contribution is 2.25. The van der Waals surface area contributed by atoms with Gasteiger partial charge in [-0.05, 0) is 24.8 Å². The molecule has 1 aromatic rings. The molecule has 2 heterocycles. The van der Waals surface area contributed by atoms with Crippen LogP contribution in [0, 0.1) is 0 Å². The third-order valence-electron chi connectivity index (χ3n) is 3.19. The number of nitrogens with zero attached hydrogens (tertiary/aromatic N) is 1. The SMILES string of the molecule is CCNC(=O)C(=O)NC[C@@H]1OCCCN1S(=O)(=O)c1cccs1. The number of rotatable bonds is 5. The number of hydrogen-bond acceptors (Lipinski definition) is 6. The fraction of sp³-hybridized carbons (Fsp3) is 0.538. The Morgan fingerprint density at radius 1 is 1.39 bits per heavy atom. The molecule has 1 fully saturated rings. The second-order valence-electron chi connectivity index (χ2n) is 4.80. The number of amides is 2. The lowest BCUT2D eigenvalue weighted by atomic mass is 10.3. The summed E-state index contributed by atoms with van der Waals surface area (Å²) in [4.78, 5) is 23.0. The van der Waals surface area contributed by atoms with Crippen LogP contribution in [0.3, 0.4) is 0 Å². The Hall–Kier alpha value is -1.49. The Kier molecular flexibility index (Phi) is 6.10. The number of hydrogen-bond donors (Lipinski definition) is 2. The molecule has 0 bridgehead atoms. The first kappa shape index (κ1) is 17.9. The zero-order valence-electron chi connectivity index (χ0n) is 12.6. The minimum absolute atomic E-state index is 0.0828. The van der Waals surface area contributed by atoms with Gasteiger partial charge in [0.1, 0.15) is 10.4 Å². The average molecular weight is 361 g/mol. The quantitative estimate of drug-likeness (QED) is 0.703. The van der Waals surface area contributed by atoms with Gasteiger partial charge in [0.2, 0.25) is 0 Å². The molecule has 1 aliphatic heterocycles. The van der Waals surface area contributed by atoms with Gasteiger partial charge in [-0.2, -0.15) is 4.31 Å². The van der Waals surface area contributed by atoms with Crippen LogP contribution in [-0.4, -0.2) is 57.0 Å². The summed E-state index contributed by atoms with van der Waals surface area (Å²) in [7, 11) is -3.67. The number of ether oxygens (including phenoxy) is 1. The number of likely N-dealkylation sites (N-methyl/N-ethyl adjacent to an activating group) is 1. The fourth-order valence-corrected chi connectivity index (χ4v) is 4.81. The molecular formula is C13H19N3O5S2. The van der Waals surface area contributed by atoms with E-state index in [4.69, 9.17) is 4.74 Å². The second kappa shape index (κ2) is 7.86. The highest BCUT2D eigenvalue weighted by atomic mass is 32.2. The van der Waals surface area contributed by atoms with Crippen LogP contribution >= 0.6 is 11.3 Å². The predicted molar refractivity (Wildman–Crippen MR) is 84.3 cm³/mol. The standard InChI is InChI=1S/C13H19N3O5S2/c1-2-14-12(17)13(18)15-9-10-16(6-4-7-21-10)23(19,20)11-5-3-8-22-11/h3,5,8,10H,2,4,6-7,9H2,1H3,(H,14,17)(H,15,18)/t10-/m0/s1. The zero-order chi connectivity index (χ0) is 16.9. The summed E-state index contributed by atoms with van der Waals surface area (Å²) in [6.45, 7) is 2.66. The minimum Gasteiger partial charge on any atom is -0.360 e. The molecule has 0 radical (unpaired) electrons. The van der Waals surface area contributed by atoms with Gasteiger partial charge in [-0.25, -0.2) is 8.42 Å². The van der Waals surface area contributed by atoms with E-state index in [9.17, 15) is 18.0 Å². The molecule has 2 rings (SSSR count). The van der Waals surface area contributed by atoms with Crippen LogP contribution in [0.4, 0.5) is 0 Å². The molecule has 0 aliphatic carbocycles. The third-order valence-corrected chi connectivity index (χ3v) is 6.45. The van der Waals surface area contributed by atoms with Crippen molar-refractivity contribution >= 4 is 33.2 Å². The molecule has 1 aliphatic rings. The molecule has 0 saturated carbocycles.